The number of phenolic OH excluding ortho intramolecular Hbond substituents is 1. The first-order valence-electron chi connectivity index (χ1n) is 7.15. The minimum absolute atomic E-state index is 0. The van der Waals surface area contributed by atoms with E-state index in [0.29, 0.717) is 11.8 Å². The van der Waals surface area contributed by atoms with E-state index < -0.39 is 0 Å². The second-order valence-corrected chi connectivity index (χ2v) is 6.06. The number of nitrogens with zero attached hydrogens (tertiary/aromatic N) is 1. The lowest BCUT2D eigenvalue weighted by molar-refractivity contribution is 0.160. The first kappa shape index (κ1) is 21.0. The van der Waals surface area contributed by atoms with Gasteiger partial charge in [-0.2, -0.15) is 0 Å². The molecule has 0 unspecified atom stereocenters. The Labute approximate surface area is 148 Å². The summed E-state index contributed by atoms with van der Waals surface area (Å²) in [6.45, 7) is 6.42. The second-order valence-electron chi connectivity index (χ2n) is 5.15. The van der Waals surface area contributed by atoms with Crippen molar-refractivity contribution in [2.24, 2.45) is 0 Å². The van der Waals surface area contributed by atoms with Crippen LogP contribution in [0.25, 0.3) is 0 Å². The molecule has 2 rings (SSSR count). The van der Waals surface area contributed by atoms with E-state index in [2.05, 4.69) is 39.1 Å². The molecule has 6 heteroatoms. The topological polar surface area (TPSA) is 35.5 Å². The summed E-state index contributed by atoms with van der Waals surface area (Å²) in [4.78, 5) is 2.50. The van der Waals surface area contributed by atoms with Gasteiger partial charge in [-0.3, -0.25) is 4.90 Å². The molecule has 0 aromatic heterocycles. The number of piperazine rings is 1. The van der Waals surface area contributed by atoms with Gasteiger partial charge in [-0.05, 0) is 18.6 Å². The lowest BCUT2D eigenvalue weighted by Gasteiger charge is -2.35. The second kappa shape index (κ2) is 10.7. The Morgan fingerprint density at radius 3 is 2.52 bits per heavy atom. The van der Waals surface area contributed by atoms with E-state index in [1.807, 2.05) is 6.07 Å². The van der Waals surface area contributed by atoms with Crippen LogP contribution in [-0.4, -0.2) is 36.2 Å². The monoisotopic (exact) mass is 398 g/mol. The molecule has 1 fully saturated rings. The average Bonchev–Trinajstić information content (AvgIpc) is 2.42. The Kier molecular flexibility index (Phi) is 10.7. The molecule has 21 heavy (non-hydrogen) atoms. The fraction of sp³-hybridized carbons (Fsp3) is 0.600. The summed E-state index contributed by atoms with van der Waals surface area (Å²) in [5.74, 6) is 0.411. The van der Waals surface area contributed by atoms with Crippen molar-refractivity contribution in [3.8, 4) is 5.75 Å². The van der Waals surface area contributed by atoms with Crippen molar-refractivity contribution in [1.29, 1.82) is 0 Å². The van der Waals surface area contributed by atoms with Gasteiger partial charge in [0.1, 0.15) is 5.75 Å². The third-order valence-electron chi connectivity index (χ3n) is 3.77. The lowest BCUT2D eigenvalue weighted by atomic mass is 9.98. The van der Waals surface area contributed by atoms with Gasteiger partial charge in [0.05, 0.1) is 0 Å². The number of unbranched alkanes of at least 4 members (excludes halogenated alkanes) is 1. The SMILES string of the molecule is CCCC[C@H](c1ccc(Br)cc1O)N1CCNCC1.Cl.Cl. The van der Waals surface area contributed by atoms with Gasteiger partial charge in [-0.15, -0.1) is 24.8 Å². The van der Waals surface area contributed by atoms with Crippen molar-refractivity contribution in [3.63, 3.8) is 0 Å². The van der Waals surface area contributed by atoms with Crippen LogP contribution in [0.15, 0.2) is 22.7 Å². The van der Waals surface area contributed by atoms with Gasteiger partial charge in [0.15, 0.2) is 0 Å². The Bertz CT molecular complexity index is 415. The van der Waals surface area contributed by atoms with Gasteiger partial charge in [0.2, 0.25) is 0 Å². The quantitative estimate of drug-likeness (QED) is 0.780. The Morgan fingerprint density at radius 2 is 1.95 bits per heavy atom. The van der Waals surface area contributed by atoms with E-state index >= 15 is 0 Å². The normalized spacial score (nSPS) is 16.7. The van der Waals surface area contributed by atoms with E-state index in [4.69, 9.17) is 0 Å². The van der Waals surface area contributed by atoms with Gasteiger partial charge in [0, 0.05) is 42.3 Å². The predicted octanol–water partition coefficient (Wildman–Crippen LogP) is 4.13. The molecule has 1 aliphatic rings. The largest absolute Gasteiger partial charge is 0.508 e. The number of nitrogens with one attached hydrogen (secondary N) is 1. The molecule has 0 spiro atoms. The van der Waals surface area contributed by atoms with Crippen LogP contribution in [0.5, 0.6) is 5.75 Å². The average molecular weight is 400 g/mol. The molecule has 0 aliphatic carbocycles. The highest BCUT2D eigenvalue weighted by Gasteiger charge is 2.23. The minimum atomic E-state index is 0. The third-order valence-corrected chi connectivity index (χ3v) is 4.27. The molecular formula is C15H25BrCl2N2O. The molecule has 1 aromatic carbocycles. The van der Waals surface area contributed by atoms with Gasteiger partial charge in [-0.1, -0.05) is 41.8 Å². The highest BCUT2D eigenvalue weighted by molar-refractivity contribution is 9.10. The maximum atomic E-state index is 10.2. The van der Waals surface area contributed by atoms with Crippen molar-refractivity contribution in [2.45, 2.75) is 32.2 Å². The molecule has 1 aliphatic heterocycles. The molecule has 2 N–H and O–H groups in total. The molecule has 0 amide bonds. The van der Waals surface area contributed by atoms with Crippen LogP contribution in [0.2, 0.25) is 0 Å². The summed E-state index contributed by atoms with van der Waals surface area (Å²) in [7, 11) is 0. The number of hydrogen-bond acceptors (Lipinski definition) is 3. The molecule has 0 bridgehead atoms. The third kappa shape index (κ3) is 5.95. The fourth-order valence-corrected chi connectivity index (χ4v) is 3.07. The van der Waals surface area contributed by atoms with Crippen molar-refractivity contribution >= 4 is 40.7 Å². The van der Waals surface area contributed by atoms with Crippen LogP contribution >= 0.6 is 40.7 Å². The van der Waals surface area contributed by atoms with Crippen LogP contribution in [0.3, 0.4) is 0 Å². The van der Waals surface area contributed by atoms with E-state index in [9.17, 15) is 5.11 Å². The Balaban J connectivity index is 0.00000200. The molecule has 1 saturated heterocycles. The maximum absolute atomic E-state index is 10.2. The number of rotatable bonds is 5. The van der Waals surface area contributed by atoms with Crippen LogP contribution in [-0.2, 0) is 0 Å². The smallest absolute Gasteiger partial charge is 0.121 e. The number of aromatic hydroxyl groups is 1. The summed E-state index contributed by atoms with van der Waals surface area (Å²) >= 11 is 3.41. The van der Waals surface area contributed by atoms with Crippen LogP contribution in [0.1, 0.15) is 37.8 Å². The Morgan fingerprint density at radius 1 is 1.29 bits per heavy atom. The molecule has 0 saturated carbocycles. The first-order valence-corrected chi connectivity index (χ1v) is 7.95. The number of benzene rings is 1. The summed E-state index contributed by atoms with van der Waals surface area (Å²) in [6.07, 6.45) is 3.51. The Hall–Kier alpha value is -0.000000000000000111. The first-order chi connectivity index (χ1) is 9.22. The summed E-state index contributed by atoms with van der Waals surface area (Å²) in [5, 5.41) is 13.6. The molecule has 0 radical (unpaired) electrons. The molecule has 122 valence electrons. The number of hydrogen-bond donors (Lipinski definition) is 2. The van der Waals surface area contributed by atoms with Gasteiger partial charge >= 0.3 is 0 Å². The van der Waals surface area contributed by atoms with Crippen molar-refractivity contribution < 1.29 is 5.11 Å². The predicted molar refractivity (Wildman–Crippen MR) is 97.0 cm³/mol. The van der Waals surface area contributed by atoms with Gasteiger partial charge in [0.25, 0.3) is 0 Å². The van der Waals surface area contributed by atoms with E-state index in [0.717, 1.165) is 42.6 Å². The summed E-state index contributed by atoms with van der Waals surface area (Å²) < 4.78 is 0.934. The molecular weight excluding hydrogens is 375 g/mol. The van der Waals surface area contributed by atoms with Gasteiger partial charge < -0.3 is 10.4 Å². The van der Waals surface area contributed by atoms with Crippen LogP contribution < -0.4 is 5.32 Å². The zero-order valence-corrected chi connectivity index (χ0v) is 15.6. The van der Waals surface area contributed by atoms with Crippen LogP contribution in [0.4, 0.5) is 0 Å². The zero-order chi connectivity index (χ0) is 13.7. The van der Waals surface area contributed by atoms with E-state index in [1.54, 1.807) is 6.07 Å². The minimum Gasteiger partial charge on any atom is -0.508 e. The summed E-state index contributed by atoms with van der Waals surface area (Å²) in [6, 6.07) is 6.23. The van der Waals surface area contributed by atoms with E-state index in [-0.39, 0.29) is 24.8 Å². The standard InChI is InChI=1S/C15H23BrN2O.2ClH/c1-2-3-4-14(18-9-7-17-8-10-18)13-6-5-12(16)11-15(13)19;;/h5-6,11,14,17,19H,2-4,7-10H2,1H3;2*1H/t14-;;/m1../s1. The highest BCUT2D eigenvalue weighted by Crippen LogP contribution is 2.34. The summed E-state index contributed by atoms with van der Waals surface area (Å²) in [5.41, 5.74) is 1.07. The number of phenols is 1. The molecule has 1 heterocycles. The van der Waals surface area contributed by atoms with Crippen molar-refractivity contribution in [3.05, 3.63) is 28.2 Å². The fourth-order valence-electron chi connectivity index (χ4n) is 2.72. The highest BCUT2D eigenvalue weighted by atomic mass is 79.9. The van der Waals surface area contributed by atoms with Crippen LogP contribution in [0, 0.1) is 0 Å². The molecule has 1 atom stereocenters. The number of halogens is 3. The lowest BCUT2D eigenvalue weighted by Crippen LogP contribution is -2.45. The molecule has 3 nitrogen and oxygen atoms in total. The maximum Gasteiger partial charge on any atom is 0.121 e. The van der Waals surface area contributed by atoms with Gasteiger partial charge in [-0.25, -0.2) is 0 Å². The van der Waals surface area contributed by atoms with Crippen molar-refractivity contribution in [1.82, 2.24) is 10.2 Å². The van der Waals surface area contributed by atoms with E-state index in [1.165, 1.54) is 12.8 Å². The zero-order valence-electron chi connectivity index (χ0n) is 12.3. The molecule has 1 aromatic rings. The van der Waals surface area contributed by atoms with Crippen molar-refractivity contribution in [2.75, 3.05) is 26.2 Å².